The molecule has 0 unspecified atom stereocenters. The number of hydrogen-bond acceptors (Lipinski definition) is 5. The summed E-state index contributed by atoms with van der Waals surface area (Å²) >= 11 is 3.79. The first kappa shape index (κ1) is 15.8. The SMILES string of the molecule is CCCNc1ncc(CSCCN(CC)CC)s1. The zero-order valence-corrected chi connectivity index (χ0v) is 13.4. The van der Waals surface area contributed by atoms with E-state index in [9.17, 15) is 0 Å². The summed E-state index contributed by atoms with van der Waals surface area (Å²) in [5, 5.41) is 4.40. The van der Waals surface area contributed by atoms with Crippen LogP contribution in [0.4, 0.5) is 5.13 Å². The molecule has 0 radical (unpaired) electrons. The number of nitrogens with one attached hydrogen (secondary N) is 1. The second-order valence-corrected chi connectivity index (χ2v) is 6.36. The number of hydrogen-bond donors (Lipinski definition) is 1. The van der Waals surface area contributed by atoms with Gasteiger partial charge in [0.05, 0.1) is 0 Å². The molecule has 1 aromatic rings. The van der Waals surface area contributed by atoms with Gasteiger partial charge in [0.25, 0.3) is 0 Å². The van der Waals surface area contributed by atoms with Crippen LogP contribution in [0, 0.1) is 0 Å². The van der Waals surface area contributed by atoms with Gasteiger partial charge in [-0.15, -0.1) is 11.3 Å². The van der Waals surface area contributed by atoms with Crippen LogP contribution in [0.1, 0.15) is 32.1 Å². The largest absolute Gasteiger partial charge is 0.362 e. The molecule has 0 aliphatic carbocycles. The van der Waals surface area contributed by atoms with E-state index in [1.165, 1.54) is 17.2 Å². The molecule has 1 N–H and O–H groups in total. The fourth-order valence-electron chi connectivity index (χ4n) is 1.59. The molecule has 18 heavy (non-hydrogen) atoms. The van der Waals surface area contributed by atoms with E-state index in [2.05, 4.69) is 36.0 Å². The Kier molecular flexibility index (Phi) is 8.46. The molecule has 3 nitrogen and oxygen atoms in total. The van der Waals surface area contributed by atoms with Gasteiger partial charge in [-0.05, 0) is 19.5 Å². The molecule has 0 amide bonds. The maximum atomic E-state index is 4.38. The van der Waals surface area contributed by atoms with Crippen molar-refractivity contribution >= 4 is 28.2 Å². The Bertz CT molecular complexity index is 311. The van der Waals surface area contributed by atoms with Crippen LogP contribution in [-0.2, 0) is 5.75 Å². The van der Waals surface area contributed by atoms with Gasteiger partial charge in [0.1, 0.15) is 0 Å². The number of aromatic nitrogens is 1. The average Bonchev–Trinajstić information content (AvgIpc) is 2.84. The summed E-state index contributed by atoms with van der Waals surface area (Å²) in [6, 6.07) is 0. The lowest BCUT2D eigenvalue weighted by molar-refractivity contribution is 0.324. The summed E-state index contributed by atoms with van der Waals surface area (Å²) in [7, 11) is 0. The molecular formula is C13H25N3S2. The molecule has 1 aromatic heterocycles. The monoisotopic (exact) mass is 287 g/mol. The molecule has 1 rings (SSSR count). The molecule has 104 valence electrons. The zero-order chi connectivity index (χ0) is 13.2. The first-order chi connectivity index (χ1) is 8.80. The van der Waals surface area contributed by atoms with Crippen molar-refractivity contribution in [1.29, 1.82) is 0 Å². The first-order valence-corrected chi connectivity index (χ1v) is 8.75. The van der Waals surface area contributed by atoms with Gasteiger partial charge in [0.2, 0.25) is 0 Å². The van der Waals surface area contributed by atoms with Crippen LogP contribution >= 0.6 is 23.1 Å². The summed E-state index contributed by atoms with van der Waals surface area (Å²) in [4.78, 5) is 8.22. The van der Waals surface area contributed by atoms with E-state index < -0.39 is 0 Å². The molecule has 5 heteroatoms. The normalized spacial score (nSPS) is 11.1. The van der Waals surface area contributed by atoms with Gasteiger partial charge in [-0.25, -0.2) is 4.98 Å². The van der Waals surface area contributed by atoms with Gasteiger partial charge in [-0.3, -0.25) is 0 Å². The van der Waals surface area contributed by atoms with Crippen molar-refractivity contribution < 1.29 is 0 Å². The summed E-state index contributed by atoms with van der Waals surface area (Å²) in [5.41, 5.74) is 0. The second-order valence-electron chi connectivity index (χ2n) is 4.14. The second kappa shape index (κ2) is 9.64. The van der Waals surface area contributed by atoms with E-state index in [-0.39, 0.29) is 0 Å². The summed E-state index contributed by atoms with van der Waals surface area (Å²) in [5.74, 6) is 2.30. The van der Waals surface area contributed by atoms with Crippen LogP contribution in [0.5, 0.6) is 0 Å². The van der Waals surface area contributed by atoms with Gasteiger partial charge in [-0.2, -0.15) is 11.8 Å². The van der Waals surface area contributed by atoms with Gasteiger partial charge < -0.3 is 10.2 Å². The lowest BCUT2D eigenvalue weighted by Crippen LogP contribution is -2.25. The van der Waals surface area contributed by atoms with Crippen molar-refractivity contribution in [1.82, 2.24) is 9.88 Å². The molecule has 1 heterocycles. The van der Waals surface area contributed by atoms with E-state index in [1.807, 2.05) is 18.0 Å². The molecule has 0 fully saturated rings. The van der Waals surface area contributed by atoms with E-state index in [0.717, 1.165) is 36.9 Å². The molecular weight excluding hydrogens is 262 g/mol. The Morgan fingerprint density at radius 1 is 1.33 bits per heavy atom. The molecule has 0 aromatic carbocycles. The predicted octanol–water partition coefficient (Wildman–Crippen LogP) is 3.54. The van der Waals surface area contributed by atoms with E-state index >= 15 is 0 Å². The van der Waals surface area contributed by atoms with Gasteiger partial charge in [0, 0.05) is 35.7 Å². The highest BCUT2D eigenvalue weighted by Gasteiger charge is 2.02. The molecule has 0 atom stereocenters. The van der Waals surface area contributed by atoms with Crippen molar-refractivity contribution in [3.63, 3.8) is 0 Å². The molecule has 0 bridgehead atoms. The summed E-state index contributed by atoms with van der Waals surface area (Å²) < 4.78 is 0. The Labute approximate surface area is 119 Å². The van der Waals surface area contributed by atoms with Gasteiger partial charge >= 0.3 is 0 Å². The topological polar surface area (TPSA) is 28.2 Å². The third-order valence-electron chi connectivity index (χ3n) is 2.77. The lowest BCUT2D eigenvalue weighted by Gasteiger charge is -2.16. The third-order valence-corrected chi connectivity index (χ3v) is 4.89. The minimum absolute atomic E-state index is 1.02. The van der Waals surface area contributed by atoms with Crippen molar-refractivity contribution in [2.45, 2.75) is 32.9 Å². The number of anilines is 1. The summed E-state index contributed by atoms with van der Waals surface area (Å²) in [6.07, 6.45) is 3.15. The van der Waals surface area contributed by atoms with Crippen LogP contribution in [0.25, 0.3) is 0 Å². The Morgan fingerprint density at radius 2 is 2.11 bits per heavy atom. The van der Waals surface area contributed by atoms with E-state index in [1.54, 1.807) is 11.3 Å². The lowest BCUT2D eigenvalue weighted by atomic mass is 10.5. The average molecular weight is 287 g/mol. The van der Waals surface area contributed by atoms with Crippen LogP contribution < -0.4 is 5.32 Å². The van der Waals surface area contributed by atoms with E-state index in [0.29, 0.717) is 0 Å². The summed E-state index contributed by atoms with van der Waals surface area (Å²) in [6.45, 7) is 11.1. The van der Waals surface area contributed by atoms with Gasteiger partial charge in [-0.1, -0.05) is 20.8 Å². The van der Waals surface area contributed by atoms with Crippen molar-refractivity contribution in [3.8, 4) is 0 Å². The minimum Gasteiger partial charge on any atom is -0.362 e. The molecule has 0 saturated heterocycles. The smallest absolute Gasteiger partial charge is 0.182 e. The van der Waals surface area contributed by atoms with Crippen LogP contribution in [0.3, 0.4) is 0 Å². The third kappa shape index (κ3) is 6.07. The Morgan fingerprint density at radius 3 is 2.78 bits per heavy atom. The highest BCUT2D eigenvalue weighted by atomic mass is 32.2. The maximum Gasteiger partial charge on any atom is 0.182 e. The number of thiazole rings is 1. The minimum atomic E-state index is 1.02. The van der Waals surface area contributed by atoms with Gasteiger partial charge in [0.15, 0.2) is 5.13 Å². The molecule has 0 spiro atoms. The fraction of sp³-hybridized carbons (Fsp3) is 0.769. The first-order valence-electron chi connectivity index (χ1n) is 6.78. The highest BCUT2D eigenvalue weighted by molar-refractivity contribution is 7.98. The zero-order valence-electron chi connectivity index (χ0n) is 11.7. The Balaban J connectivity index is 2.17. The maximum absolute atomic E-state index is 4.38. The quantitative estimate of drug-likeness (QED) is 0.666. The molecule has 0 aliphatic rings. The highest BCUT2D eigenvalue weighted by Crippen LogP contribution is 2.22. The van der Waals surface area contributed by atoms with E-state index in [4.69, 9.17) is 0 Å². The fourth-order valence-corrected chi connectivity index (χ4v) is 3.52. The molecule has 0 aliphatic heterocycles. The van der Waals surface area contributed by atoms with Crippen molar-refractivity contribution in [2.24, 2.45) is 0 Å². The van der Waals surface area contributed by atoms with Crippen LogP contribution in [0.2, 0.25) is 0 Å². The van der Waals surface area contributed by atoms with Crippen molar-refractivity contribution in [2.75, 3.05) is 37.2 Å². The van der Waals surface area contributed by atoms with Crippen LogP contribution in [0.15, 0.2) is 6.20 Å². The standard InChI is InChI=1S/C13H25N3S2/c1-4-7-14-13-15-10-12(18-13)11-17-9-8-16(5-2)6-3/h10H,4-9,11H2,1-3H3,(H,14,15). The number of rotatable bonds is 10. The van der Waals surface area contributed by atoms with Crippen LogP contribution in [-0.4, -0.2) is 41.8 Å². The number of nitrogens with zero attached hydrogens (tertiary/aromatic N) is 2. The molecule has 0 saturated carbocycles. The number of thioether (sulfide) groups is 1. The predicted molar refractivity (Wildman–Crippen MR) is 84.8 cm³/mol. The van der Waals surface area contributed by atoms with Crippen molar-refractivity contribution in [3.05, 3.63) is 11.1 Å². The Hall–Kier alpha value is -0.260.